The molecular formula is C16H18O2. The summed E-state index contributed by atoms with van der Waals surface area (Å²) in [5.74, 6) is 4.50. The molecule has 3 aliphatic rings. The Morgan fingerprint density at radius 3 is 2.50 bits per heavy atom. The number of carbonyl (C=O) groups is 1. The number of benzene rings is 1. The van der Waals surface area contributed by atoms with Gasteiger partial charge >= 0.3 is 0 Å². The minimum absolute atomic E-state index is 0.313. The predicted molar refractivity (Wildman–Crippen MR) is 68.6 cm³/mol. The first-order chi connectivity index (χ1) is 8.81. The zero-order valence-corrected chi connectivity index (χ0v) is 10.6. The number of hydrogen-bond donors (Lipinski definition) is 0. The molecule has 0 spiro atoms. The van der Waals surface area contributed by atoms with Crippen LogP contribution >= 0.6 is 0 Å². The lowest BCUT2D eigenvalue weighted by Gasteiger charge is -2.10. The summed E-state index contributed by atoms with van der Waals surface area (Å²) in [6, 6.07) is 7.66. The maximum Gasteiger partial charge on any atom is 0.170 e. The number of ketones is 1. The minimum Gasteiger partial charge on any atom is -0.496 e. The fourth-order valence-corrected chi connectivity index (χ4v) is 4.70. The third-order valence-corrected chi connectivity index (χ3v) is 5.41. The van der Waals surface area contributed by atoms with Crippen molar-refractivity contribution in [2.24, 2.45) is 29.6 Å². The van der Waals surface area contributed by atoms with Crippen molar-refractivity contribution in [2.75, 3.05) is 7.11 Å². The summed E-state index contributed by atoms with van der Waals surface area (Å²) in [6.45, 7) is 0. The van der Waals surface area contributed by atoms with Gasteiger partial charge in [-0.1, -0.05) is 12.1 Å². The first-order valence-corrected chi connectivity index (χ1v) is 6.98. The molecule has 3 saturated carbocycles. The summed E-state index contributed by atoms with van der Waals surface area (Å²) in [7, 11) is 1.64. The molecule has 0 radical (unpaired) electrons. The Morgan fingerprint density at radius 2 is 1.83 bits per heavy atom. The Bertz CT molecular complexity index is 492. The highest BCUT2D eigenvalue weighted by molar-refractivity contribution is 6.02. The quantitative estimate of drug-likeness (QED) is 0.761. The smallest absolute Gasteiger partial charge is 0.170 e. The van der Waals surface area contributed by atoms with Crippen LogP contribution < -0.4 is 4.74 Å². The molecule has 3 aliphatic carbocycles. The normalized spacial score (nSPS) is 39.5. The Balaban J connectivity index is 1.62. The Hall–Kier alpha value is -1.31. The maximum absolute atomic E-state index is 12.6. The van der Waals surface area contributed by atoms with Gasteiger partial charge in [-0.3, -0.25) is 4.79 Å². The molecule has 1 aromatic rings. The van der Waals surface area contributed by atoms with Crippen LogP contribution in [0.2, 0.25) is 0 Å². The van der Waals surface area contributed by atoms with Crippen molar-refractivity contribution >= 4 is 5.78 Å². The highest BCUT2D eigenvalue weighted by Crippen LogP contribution is 2.70. The molecule has 0 heterocycles. The lowest BCUT2D eigenvalue weighted by molar-refractivity contribution is 0.0941. The van der Waals surface area contributed by atoms with Gasteiger partial charge in [-0.05, 0) is 55.1 Å². The molecule has 1 aromatic carbocycles. The largest absolute Gasteiger partial charge is 0.496 e. The van der Waals surface area contributed by atoms with Gasteiger partial charge in [-0.15, -0.1) is 0 Å². The number of methoxy groups -OCH3 is 1. The number of ether oxygens (including phenoxy) is 1. The fourth-order valence-electron chi connectivity index (χ4n) is 4.70. The van der Waals surface area contributed by atoms with Gasteiger partial charge in [0.15, 0.2) is 5.78 Å². The molecule has 0 amide bonds. The van der Waals surface area contributed by atoms with Crippen LogP contribution in [0.4, 0.5) is 0 Å². The van der Waals surface area contributed by atoms with Gasteiger partial charge in [-0.2, -0.15) is 0 Å². The van der Waals surface area contributed by atoms with Crippen LogP contribution in [0.1, 0.15) is 29.6 Å². The molecule has 0 aliphatic heterocycles. The molecule has 2 heteroatoms. The molecule has 3 fully saturated rings. The molecule has 0 saturated heterocycles. The second-order valence-electron chi connectivity index (χ2n) is 6.08. The average Bonchev–Trinajstić information content (AvgIpc) is 2.85. The van der Waals surface area contributed by atoms with Crippen molar-refractivity contribution in [3.63, 3.8) is 0 Å². The van der Waals surface area contributed by atoms with E-state index in [2.05, 4.69) is 0 Å². The van der Waals surface area contributed by atoms with Crippen molar-refractivity contribution < 1.29 is 9.53 Å². The van der Waals surface area contributed by atoms with Gasteiger partial charge in [0.25, 0.3) is 0 Å². The molecule has 94 valence electrons. The summed E-state index contributed by atoms with van der Waals surface area (Å²) in [6.07, 6.45) is 4.12. The third-order valence-electron chi connectivity index (χ3n) is 5.41. The van der Waals surface area contributed by atoms with Crippen LogP contribution in [-0.2, 0) is 0 Å². The van der Waals surface area contributed by atoms with Crippen molar-refractivity contribution in [3.8, 4) is 5.75 Å². The third kappa shape index (κ3) is 1.26. The van der Waals surface area contributed by atoms with E-state index < -0.39 is 0 Å². The number of Topliss-reactive ketones (excluding diaryl/α,β-unsaturated/α-hetero) is 1. The lowest BCUT2D eigenvalue weighted by Crippen LogP contribution is -2.11. The van der Waals surface area contributed by atoms with E-state index in [0.717, 1.165) is 23.1 Å². The molecule has 2 bridgehead atoms. The van der Waals surface area contributed by atoms with Crippen LogP contribution in [0, 0.1) is 29.6 Å². The SMILES string of the molecule is COc1ccccc1C(=O)C1C2C3CCC(C3)C12. The Morgan fingerprint density at radius 1 is 1.17 bits per heavy atom. The second kappa shape index (κ2) is 3.59. The highest BCUT2D eigenvalue weighted by Gasteiger charge is 2.67. The number of fused-ring (bicyclic) bond motifs is 5. The summed E-state index contributed by atoms with van der Waals surface area (Å²) in [5, 5.41) is 0. The van der Waals surface area contributed by atoms with E-state index >= 15 is 0 Å². The van der Waals surface area contributed by atoms with Crippen LogP contribution in [0.25, 0.3) is 0 Å². The zero-order valence-electron chi connectivity index (χ0n) is 10.6. The fraction of sp³-hybridized carbons (Fsp3) is 0.562. The standard InChI is InChI=1S/C16H18O2/c1-18-12-5-3-2-4-11(12)16(17)15-13-9-6-7-10(8-9)14(13)15/h2-5,9-10,13-15H,6-8H2,1H3. The first-order valence-electron chi connectivity index (χ1n) is 6.98. The van der Waals surface area contributed by atoms with Crippen molar-refractivity contribution in [3.05, 3.63) is 29.8 Å². The number of para-hydroxylation sites is 1. The number of carbonyl (C=O) groups excluding carboxylic acids is 1. The van der Waals surface area contributed by atoms with Crippen LogP contribution in [0.5, 0.6) is 5.75 Å². The molecule has 0 N–H and O–H groups in total. The van der Waals surface area contributed by atoms with E-state index in [0.29, 0.717) is 23.5 Å². The number of hydrogen-bond acceptors (Lipinski definition) is 2. The zero-order chi connectivity index (χ0) is 12.3. The topological polar surface area (TPSA) is 26.3 Å². The highest BCUT2D eigenvalue weighted by atomic mass is 16.5. The van der Waals surface area contributed by atoms with E-state index in [9.17, 15) is 4.79 Å². The van der Waals surface area contributed by atoms with E-state index in [4.69, 9.17) is 4.74 Å². The van der Waals surface area contributed by atoms with Crippen LogP contribution in [0.3, 0.4) is 0 Å². The number of rotatable bonds is 3. The molecule has 4 unspecified atom stereocenters. The Labute approximate surface area is 107 Å². The summed E-state index contributed by atoms with van der Waals surface area (Å²) < 4.78 is 5.32. The molecule has 18 heavy (non-hydrogen) atoms. The van der Waals surface area contributed by atoms with Gasteiger partial charge < -0.3 is 4.74 Å². The molecule has 2 nitrogen and oxygen atoms in total. The van der Waals surface area contributed by atoms with Gasteiger partial charge in [0.05, 0.1) is 12.7 Å². The minimum atomic E-state index is 0.313. The molecule has 4 atom stereocenters. The second-order valence-corrected chi connectivity index (χ2v) is 6.08. The van der Waals surface area contributed by atoms with E-state index in [1.807, 2.05) is 24.3 Å². The van der Waals surface area contributed by atoms with Gasteiger partial charge in [0.1, 0.15) is 5.75 Å². The summed E-state index contributed by atoms with van der Waals surface area (Å²) >= 11 is 0. The monoisotopic (exact) mass is 242 g/mol. The molecular weight excluding hydrogens is 224 g/mol. The van der Waals surface area contributed by atoms with Crippen molar-refractivity contribution in [2.45, 2.75) is 19.3 Å². The van der Waals surface area contributed by atoms with E-state index in [1.54, 1.807) is 7.11 Å². The predicted octanol–water partition coefficient (Wildman–Crippen LogP) is 3.17. The van der Waals surface area contributed by atoms with Crippen LogP contribution in [0.15, 0.2) is 24.3 Å². The van der Waals surface area contributed by atoms with Crippen molar-refractivity contribution in [1.29, 1.82) is 0 Å². The van der Waals surface area contributed by atoms with Gasteiger partial charge in [0.2, 0.25) is 0 Å². The van der Waals surface area contributed by atoms with Gasteiger partial charge in [-0.25, -0.2) is 0 Å². The van der Waals surface area contributed by atoms with Crippen molar-refractivity contribution in [1.82, 2.24) is 0 Å². The van der Waals surface area contributed by atoms with Gasteiger partial charge in [0, 0.05) is 5.92 Å². The summed E-state index contributed by atoms with van der Waals surface area (Å²) in [4.78, 5) is 12.6. The Kier molecular flexibility index (Phi) is 2.12. The summed E-state index contributed by atoms with van der Waals surface area (Å²) in [5.41, 5.74) is 0.791. The van der Waals surface area contributed by atoms with E-state index in [1.165, 1.54) is 19.3 Å². The van der Waals surface area contributed by atoms with E-state index in [-0.39, 0.29) is 0 Å². The average molecular weight is 242 g/mol. The lowest BCUT2D eigenvalue weighted by atomic mass is 9.96. The van der Waals surface area contributed by atoms with Crippen LogP contribution in [-0.4, -0.2) is 12.9 Å². The first kappa shape index (κ1) is 10.6. The maximum atomic E-state index is 12.6. The molecule has 4 rings (SSSR count). The molecule has 0 aromatic heterocycles.